The Bertz CT molecular complexity index is 425. The number of carboxylic acids is 1. The van der Waals surface area contributed by atoms with Gasteiger partial charge in [0.2, 0.25) is 0 Å². The maximum Gasteiger partial charge on any atom is 0.339 e. The van der Waals surface area contributed by atoms with E-state index in [0.717, 1.165) is 22.9 Å². The highest BCUT2D eigenvalue weighted by Crippen LogP contribution is 2.29. The van der Waals surface area contributed by atoms with E-state index in [-0.39, 0.29) is 5.56 Å². The summed E-state index contributed by atoms with van der Waals surface area (Å²) >= 11 is 3.30. The van der Waals surface area contributed by atoms with E-state index >= 15 is 0 Å². The Kier molecular flexibility index (Phi) is 5.66. The maximum absolute atomic E-state index is 11.2. The predicted molar refractivity (Wildman–Crippen MR) is 75.4 cm³/mol. The van der Waals surface area contributed by atoms with Gasteiger partial charge in [-0.25, -0.2) is 4.79 Å². The quantitative estimate of drug-likeness (QED) is 0.852. The molecule has 0 aliphatic rings. The predicted octanol–water partition coefficient (Wildman–Crippen LogP) is 4.27. The van der Waals surface area contributed by atoms with Gasteiger partial charge in [0.1, 0.15) is 11.3 Å². The molecule has 0 fully saturated rings. The first-order valence-electron chi connectivity index (χ1n) is 6.15. The fourth-order valence-corrected chi connectivity index (χ4v) is 2.38. The number of benzene rings is 1. The van der Waals surface area contributed by atoms with Gasteiger partial charge in [-0.05, 0) is 30.5 Å². The zero-order valence-corrected chi connectivity index (χ0v) is 12.6. The molecular formula is C14H19BrO3. The van der Waals surface area contributed by atoms with Crippen molar-refractivity contribution < 1.29 is 14.6 Å². The summed E-state index contributed by atoms with van der Waals surface area (Å²) in [6.07, 6.45) is 2.07. The lowest BCUT2D eigenvalue weighted by Crippen LogP contribution is -2.13. The van der Waals surface area contributed by atoms with Crippen LogP contribution in [0.3, 0.4) is 0 Å². The summed E-state index contributed by atoms with van der Waals surface area (Å²) in [4.78, 5) is 11.2. The number of aromatic carboxylic acids is 1. The third-order valence-corrected chi connectivity index (χ3v) is 3.55. The van der Waals surface area contributed by atoms with E-state index in [0.29, 0.717) is 18.3 Å². The van der Waals surface area contributed by atoms with Crippen molar-refractivity contribution in [3.05, 3.63) is 27.7 Å². The first kappa shape index (κ1) is 15.0. The average Bonchev–Trinajstić information content (AvgIpc) is 2.31. The summed E-state index contributed by atoms with van der Waals surface area (Å²) in [6.45, 7) is 6.66. The van der Waals surface area contributed by atoms with Crippen LogP contribution in [0.15, 0.2) is 16.6 Å². The van der Waals surface area contributed by atoms with E-state index in [1.165, 1.54) is 0 Å². The van der Waals surface area contributed by atoms with Gasteiger partial charge in [0.15, 0.2) is 0 Å². The molecule has 1 rings (SSSR count). The largest absolute Gasteiger partial charge is 0.492 e. The smallest absolute Gasteiger partial charge is 0.339 e. The highest BCUT2D eigenvalue weighted by atomic mass is 79.9. The zero-order valence-electron chi connectivity index (χ0n) is 11.0. The second kappa shape index (κ2) is 6.78. The molecule has 3 nitrogen and oxygen atoms in total. The van der Waals surface area contributed by atoms with Gasteiger partial charge in [0.25, 0.3) is 0 Å². The standard InChI is InChI=1S/C14H19BrO3/c1-4-10(5-2)8-18-13-9(3)6-11(15)7-12(13)14(16)17/h6-7,10H,4-5,8H2,1-3H3,(H,16,17). The normalized spacial score (nSPS) is 10.7. The second-order valence-corrected chi connectivity index (χ2v) is 5.31. The summed E-state index contributed by atoms with van der Waals surface area (Å²) in [5.74, 6) is -0.00811. The summed E-state index contributed by atoms with van der Waals surface area (Å²) < 4.78 is 6.48. The molecule has 0 radical (unpaired) electrons. The molecule has 0 heterocycles. The highest BCUT2D eigenvalue weighted by Gasteiger charge is 2.16. The fourth-order valence-electron chi connectivity index (χ4n) is 1.81. The molecule has 18 heavy (non-hydrogen) atoms. The summed E-state index contributed by atoms with van der Waals surface area (Å²) in [5.41, 5.74) is 1.06. The van der Waals surface area contributed by atoms with Gasteiger partial charge in [0, 0.05) is 4.47 Å². The first-order valence-corrected chi connectivity index (χ1v) is 6.95. The molecule has 0 atom stereocenters. The monoisotopic (exact) mass is 314 g/mol. The van der Waals surface area contributed by atoms with E-state index in [1.807, 2.05) is 13.0 Å². The molecule has 1 N–H and O–H groups in total. The fraction of sp³-hybridized carbons (Fsp3) is 0.500. The van der Waals surface area contributed by atoms with Crippen molar-refractivity contribution in [3.8, 4) is 5.75 Å². The first-order chi connectivity index (χ1) is 8.49. The molecular weight excluding hydrogens is 296 g/mol. The van der Waals surface area contributed by atoms with Crippen LogP contribution in [-0.2, 0) is 0 Å². The van der Waals surface area contributed by atoms with Gasteiger partial charge < -0.3 is 9.84 Å². The van der Waals surface area contributed by atoms with Crippen molar-refractivity contribution in [1.82, 2.24) is 0 Å². The minimum absolute atomic E-state index is 0.216. The van der Waals surface area contributed by atoms with Crippen molar-refractivity contribution in [1.29, 1.82) is 0 Å². The Morgan fingerprint density at radius 2 is 2.00 bits per heavy atom. The van der Waals surface area contributed by atoms with Crippen LogP contribution >= 0.6 is 15.9 Å². The highest BCUT2D eigenvalue weighted by molar-refractivity contribution is 9.10. The SMILES string of the molecule is CCC(CC)COc1c(C)cc(Br)cc1C(=O)O. The van der Waals surface area contributed by atoms with Gasteiger partial charge in [-0.3, -0.25) is 0 Å². The Balaban J connectivity index is 2.96. The van der Waals surface area contributed by atoms with Crippen LogP contribution < -0.4 is 4.74 Å². The van der Waals surface area contributed by atoms with Crippen molar-refractivity contribution in [2.75, 3.05) is 6.61 Å². The molecule has 0 amide bonds. The molecule has 0 spiro atoms. The maximum atomic E-state index is 11.2. The van der Waals surface area contributed by atoms with Gasteiger partial charge in [-0.15, -0.1) is 0 Å². The molecule has 1 aromatic rings. The van der Waals surface area contributed by atoms with Crippen molar-refractivity contribution in [2.24, 2.45) is 5.92 Å². The lowest BCUT2D eigenvalue weighted by molar-refractivity contribution is 0.0690. The Labute approximate surface area is 116 Å². The van der Waals surface area contributed by atoms with Crippen LogP contribution in [0, 0.1) is 12.8 Å². The number of halogens is 1. The van der Waals surface area contributed by atoms with Crippen molar-refractivity contribution in [3.63, 3.8) is 0 Å². The molecule has 4 heteroatoms. The third-order valence-electron chi connectivity index (χ3n) is 3.09. The minimum Gasteiger partial charge on any atom is -0.492 e. The van der Waals surface area contributed by atoms with Crippen LogP contribution in [0.25, 0.3) is 0 Å². The van der Waals surface area contributed by atoms with Crippen LogP contribution in [-0.4, -0.2) is 17.7 Å². The Hall–Kier alpha value is -1.03. The summed E-state index contributed by atoms with van der Waals surface area (Å²) in [5, 5.41) is 9.19. The van der Waals surface area contributed by atoms with Gasteiger partial charge in [-0.2, -0.15) is 0 Å². The zero-order chi connectivity index (χ0) is 13.7. The third kappa shape index (κ3) is 3.73. The Morgan fingerprint density at radius 1 is 1.39 bits per heavy atom. The topological polar surface area (TPSA) is 46.5 Å². The number of ether oxygens (including phenoxy) is 1. The molecule has 1 aromatic carbocycles. The van der Waals surface area contributed by atoms with Gasteiger partial charge in [0.05, 0.1) is 6.61 Å². The van der Waals surface area contributed by atoms with Gasteiger partial charge >= 0.3 is 5.97 Å². The lowest BCUT2D eigenvalue weighted by atomic mass is 10.0. The van der Waals surface area contributed by atoms with Crippen LogP contribution in [0.2, 0.25) is 0 Å². The summed E-state index contributed by atoms with van der Waals surface area (Å²) in [6, 6.07) is 3.45. The van der Waals surface area contributed by atoms with E-state index in [9.17, 15) is 9.90 Å². The van der Waals surface area contributed by atoms with E-state index in [4.69, 9.17) is 4.74 Å². The summed E-state index contributed by atoms with van der Waals surface area (Å²) in [7, 11) is 0. The molecule has 0 unspecified atom stereocenters. The number of hydrogen-bond donors (Lipinski definition) is 1. The van der Waals surface area contributed by atoms with E-state index < -0.39 is 5.97 Å². The average molecular weight is 315 g/mol. The Morgan fingerprint density at radius 3 is 2.50 bits per heavy atom. The van der Waals surface area contributed by atoms with E-state index in [2.05, 4.69) is 29.8 Å². The molecule has 0 aliphatic heterocycles. The number of carbonyl (C=O) groups is 1. The van der Waals surface area contributed by atoms with Crippen molar-refractivity contribution in [2.45, 2.75) is 33.6 Å². The van der Waals surface area contributed by atoms with Crippen LogP contribution in [0.4, 0.5) is 0 Å². The lowest BCUT2D eigenvalue weighted by Gasteiger charge is -2.17. The molecule has 0 saturated heterocycles. The van der Waals surface area contributed by atoms with Crippen LogP contribution in [0.5, 0.6) is 5.75 Å². The number of carboxylic acid groups (broad SMARTS) is 1. The van der Waals surface area contributed by atoms with E-state index in [1.54, 1.807) is 6.07 Å². The molecule has 100 valence electrons. The molecule has 0 aromatic heterocycles. The number of aryl methyl sites for hydroxylation is 1. The van der Waals surface area contributed by atoms with Crippen molar-refractivity contribution >= 4 is 21.9 Å². The number of rotatable bonds is 6. The minimum atomic E-state index is -0.959. The molecule has 0 saturated carbocycles. The molecule has 0 bridgehead atoms. The van der Waals surface area contributed by atoms with Gasteiger partial charge in [-0.1, -0.05) is 42.6 Å². The second-order valence-electron chi connectivity index (χ2n) is 4.40. The number of hydrogen-bond acceptors (Lipinski definition) is 2. The molecule has 0 aliphatic carbocycles. The van der Waals surface area contributed by atoms with Crippen LogP contribution in [0.1, 0.15) is 42.6 Å².